The van der Waals surface area contributed by atoms with Crippen LogP contribution in [0.3, 0.4) is 0 Å². The van der Waals surface area contributed by atoms with Gasteiger partial charge in [0.1, 0.15) is 0 Å². The van der Waals surface area contributed by atoms with Crippen LogP contribution in [0.1, 0.15) is 71.1 Å². The number of hydrogen-bond donors (Lipinski definition) is 2. The van der Waals surface area contributed by atoms with E-state index in [4.69, 9.17) is 0 Å². The fourth-order valence-electron chi connectivity index (χ4n) is 1.75. The second kappa shape index (κ2) is 25.1. The molecule has 0 aliphatic rings. The van der Waals surface area contributed by atoms with Crippen molar-refractivity contribution in [3.8, 4) is 0 Å². The number of quaternary nitrogens is 2. The molecule has 0 heterocycles. The Kier molecular flexibility index (Phi) is 32.5. The molecule has 0 bridgehead atoms. The molecular weight excluding hydrogens is 376 g/mol. The molecule has 0 aromatic rings. The monoisotopic (exact) mass is 420 g/mol. The van der Waals surface area contributed by atoms with Gasteiger partial charge in [-0.25, -0.2) is 8.42 Å². The highest BCUT2D eigenvalue weighted by molar-refractivity contribution is 7.80. The number of hydrogen-bond acceptors (Lipinski definition) is 4. The minimum absolute atomic E-state index is 0. The molecule has 0 aromatic carbocycles. The summed E-state index contributed by atoms with van der Waals surface area (Å²) in [6, 6.07) is 0. The first kappa shape index (κ1) is 33.6. The first-order valence-corrected chi connectivity index (χ1v) is 11.0. The van der Waals surface area contributed by atoms with Crippen LogP contribution in [0.15, 0.2) is 0 Å². The van der Waals surface area contributed by atoms with E-state index in [-0.39, 0.29) is 19.0 Å². The Morgan fingerprint density at radius 2 is 0.962 bits per heavy atom. The summed E-state index contributed by atoms with van der Waals surface area (Å²) < 4.78 is 34.5. The van der Waals surface area contributed by atoms with Gasteiger partial charge < -0.3 is 26.8 Å². The van der Waals surface area contributed by atoms with Gasteiger partial charge in [-0.15, -0.1) is 0 Å². The summed E-state index contributed by atoms with van der Waals surface area (Å²) in [6.07, 6.45) is 11.7. The van der Waals surface area contributed by atoms with Crippen molar-refractivity contribution in [1.29, 1.82) is 0 Å². The van der Waals surface area contributed by atoms with Crippen LogP contribution in [-0.2, 0) is 14.6 Å². The Hall–Kier alpha value is 0.0800. The SMILES string of the molecule is CCCCCCCCCCCCOS(=O)(=O)[O-].C[NH+](C)C.C[NH+](C)C.[Cl-]. The zero-order chi connectivity index (χ0) is 20.1. The predicted molar refractivity (Wildman–Crippen MR) is 105 cm³/mol. The highest BCUT2D eigenvalue weighted by Crippen LogP contribution is 2.10. The van der Waals surface area contributed by atoms with E-state index in [1.807, 2.05) is 0 Å². The fraction of sp³-hybridized carbons (Fsp3) is 1.00. The molecule has 0 aliphatic heterocycles. The smallest absolute Gasteiger partial charge is 0.217 e. The second-order valence-corrected chi connectivity index (χ2v) is 8.46. The van der Waals surface area contributed by atoms with Crippen molar-refractivity contribution in [3.63, 3.8) is 0 Å². The van der Waals surface area contributed by atoms with Crippen LogP contribution >= 0.6 is 0 Å². The van der Waals surface area contributed by atoms with Gasteiger partial charge in [-0.1, -0.05) is 64.7 Å². The zero-order valence-electron chi connectivity index (χ0n) is 18.2. The summed E-state index contributed by atoms with van der Waals surface area (Å²) >= 11 is 0. The lowest BCUT2D eigenvalue weighted by atomic mass is 10.1. The van der Waals surface area contributed by atoms with E-state index in [9.17, 15) is 13.0 Å². The van der Waals surface area contributed by atoms with Crippen molar-refractivity contribution >= 4 is 10.4 Å². The second-order valence-electron chi connectivity index (χ2n) is 7.41. The van der Waals surface area contributed by atoms with Crippen LogP contribution in [0.2, 0.25) is 0 Å². The number of unbranched alkanes of at least 4 members (excludes halogenated alkanes) is 9. The molecule has 6 nitrogen and oxygen atoms in total. The van der Waals surface area contributed by atoms with E-state index in [2.05, 4.69) is 53.4 Å². The van der Waals surface area contributed by atoms with Crippen LogP contribution in [-0.4, -0.2) is 61.9 Å². The molecule has 0 aliphatic carbocycles. The van der Waals surface area contributed by atoms with Crippen LogP contribution in [0.5, 0.6) is 0 Å². The van der Waals surface area contributed by atoms with Gasteiger partial charge in [-0.2, -0.15) is 0 Å². The maximum absolute atomic E-state index is 10.1. The van der Waals surface area contributed by atoms with Crippen LogP contribution in [0, 0.1) is 0 Å². The minimum atomic E-state index is -4.48. The lowest BCUT2D eigenvalue weighted by Gasteiger charge is -2.06. The Morgan fingerprint density at radius 1 is 0.692 bits per heavy atom. The molecule has 0 spiro atoms. The summed E-state index contributed by atoms with van der Waals surface area (Å²) in [4.78, 5) is 2.83. The molecule has 0 radical (unpaired) electrons. The summed E-state index contributed by atoms with van der Waals surface area (Å²) in [7, 11) is 8.02. The third kappa shape index (κ3) is 64.7. The quantitative estimate of drug-likeness (QED) is 0.216. The average molecular weight is 421 g/mol. The highest BCUT2D eigenvalue weighted by Gasteiger charge is 1.95. The number of nitrogens with one attached hydrogen (secondary N) is 2. The summed E-state index contributed by atoms with van der Waals surface area (Å²) in [6.45, 7) is 2.24. The molecule has 2 N–H and O–H groups in total. The van der Waals surface area contributed by atoms with Crippen molar-refractivity contribution in [3.05, 3.63) is 0 Å². The molecular formula is C18H45ClN2O4S. The molecule has 0 fully saturated rings. The number of halogens is 1. The Morgan fingerprint density at radius 3 is 1.23 bits per heavy atom. The van der Waals surface area contributed by atoms with Gasteiger partial charge in [0.25, 0.3) is 0 Å². The molecule has 0 unspecified atom stereocenters. The molecule has 0 amide bonds. The van der Waals surface area contributed by atoms with E-state index < -0.39 is 10.4 Å². The lowest BCUT2D eigenvalue weighted by Crippen LogP contribution is -3.02. The Bertz CT molecular complexity index is 329. The van der Waals surface area contributed by atoms with E-state index in [0.717, 1.165) is 12.8 Å². The van der Waals surface area contributed by atoms with Crippen molar-refractivity contribution in [2.24, 2.45) is 0 Å². The van der Waals surface area contributed by atoms with Crippen molar-refractivity contribution in [2.75, 3.05) is 48.9 Å². The Balaban J connectivity index is -0.000000226. The molecule has 26 heavy (non-hydrogen) atoms. The Labute approximate surface area is 170 Å². The summed E-state index contributed by atoms with van der Waals surface area (Å²) in [5.41, 5.74) is 0. The van der Waals surface area contributed by atoms with Gasteiger partial charge in [0.2, 0.25) is 10.4 Å². The summed E-state index contributed by atoms with van der Waals surface area (Å²) in [5, 5.41) is 0. The maximum atomic E-state index is 10.1. The van der Waals surface area contributed by atoms with Crippen molar-refractivity contribution in [2.45, 2.75) is 71.1 Å². The zero-order valence-corrected chi connectivity index (χ0v) is 19.8. The topological polar surface area (TPSA) is 75.3 Å². The van der Waals surface area contributed by atoms with Gasteiger partial charge in [-0.05, 0) is 6.42 Å². The molecule has 0 saturated heterocycles. The van der Waals surface area contributed by atoms with Gasteiger partial charge in [0, 0.05) is 0 Å². The summed E-state index contributed by atoms with van der Waals surface area (Å²) in [5.74, 6) is 0. The van der Waals surface area contributed by atoms with Crippen molar-refractivity contribution in [1.82, 2.24) is 0 Å². The largest absolute Gasteiger partial charge is 1.00 e. The average Bonchev–Trinajstić information content (AvgIpc) is 2.42. The molecule has 0 atom stereocenters. The molecule has 8 heteroatoms. The fourth-order valence-corrected chi connectivity index (χ4v) is 2.07. The highest BCUT2D eigenvalue weighted by atomic mass is 35.5. The minimum Gasteiger partial charge on any atom is -1.00 e. The van der Waals surface area contributed by atoms with E-state index in [0.29, 0.717) is 6.42 Å². The van der Waals surface area contributed by atoms with Gasteiger partial charge in [0.05, 0.1) is 48.9 Å². The first-order valence-electron chi connectivity index (χ1n) is 9.66. The van der Waals surface area contributed by atoms with Crippen LogP contribution < -0.4 is 22.2 Å². The van der Waals surface area contributed by atoms with Crippen LogP contribution in [0.4, 0.5) is 0 Å². The van der Waals surface area contributed by atoms with Crippen LogP contribution in [0.25, 0.3) is 0 Å². The van der Waals surface area contributed by atoms with E-state index in [1.165, 1.54) is 54.7 Å². The lowest BCUT2D eigenvalue weighted by molar-refractivity contribution is -0.836. The third-order valence-electron chi connectivity index (χ3n) is 2.73. The maximum Gasteiger partial charge on any atom is 0.217 e. The third-order valence-corrected chi connectivity index (χ3v) is 3.18. The molecule has 0 aromatic heterocycles. The van der Waals surface area contributed by atoms with E-state index in [1.54, 1.807) is 0 Å². The molecule has 0 saturated carbocycles. The predicted octanol–water partition coefficient (Wildman–Crippen LogP) is -2.09. The molecule has 0 rings (SSSR count). The molecule has 164 valence electrons. The first-order chi connectivity index (χ1) is 11.5. The van der Waals surface area contributed by atoms with Gasteiger partial charge >= 0.3 is 0 Å². The normalized spacial score (nSPS) is 10.5. The van der Waals surface area contributed by atoms with Gasteiger partial charge in [0.15, 0.2) is 0 Å². The van der Waals surface area contributed by atoms with Crippen molar-refractivity contribution < 1.29 is 39.4 Å². The standard InChI is InChI=1S/C12H26O4S.2C3H9N.ClH/c1-2-3-4-5-6-7-8-9-10-11-12-16-17(13,14)15;2*1-4(2)3;/h2-12H2,1H3,(H,13,14,15);2*1-3H3;1H. The van der Waals surface area contributed by atoms with E-state index >= 15 is 0 Å². The number of rotatable bonds is 12. The van der Waals surface area contributed by atoms with Gasteiger partial charge in [-0.3, -0.25) is 4.18 Å².